The van der Waals surface area contributed by atoms with Crippen LogP contribution in [0.4, 0.5) is 0 Å². The third-order valence-electron chi connectivity index (χ3n) is 2.60. The van der Waals surface area contributed by atoms with Gasteiger partial charge in [-0.25, -0.2) is 0 Å². The van der Waals surface area contributed by atoms with Crippen LogP contribution in [0.2, 0.25) is 5.02 Å². The summed E-state index contributed by atoms with van der Waals surface area (Å²) in [6.07, 6.45) is 0. The molecule has 0 heterocycles. The van der Waals surface area contributed by atoms with Crippen molar-refractivity contribution in [2.24, 2.45) is 11.1 Å². The molecular weight excluding hydrogens is 250 g/mol. The maximum Gasteiger partial charge on any atom is 0.311 e. The highest BCUT2D eigenvalue weighted by Gasteiger charge is 2.28. The van der Waals surface area contributed by atoms with Crippen LogP contribution in [0.15, 0.2) is 24.3 Å². The topological polar surface area (TPSA) is 52.3 Å². The van der Waals surface area contributed by atoms with Crippen LogP contribution in [0.5, 0.6) is 0 Å². The van der Waals surface area contributed by atoms with Gasteiger partial charge in [0.25, 0.3) is 0 Å². The highest BCUT2D eigenvalue weighted by molar-refractivity contribution is 6.30. The number of hydrogen-bond donors (Lipinski definition) is 1. The lowest BCUT2D eigenvalue weighted by atomic mass is 9.93. The number of halogens is 1. The molecule has 4 heteroatoms. The smallest absolute Gasteiger partial charge is 0.311 e. The molecular formula is C14H20ClNO2. The summed E-state index contributed by atoms with van der Waals surface area (Å²) in [5.74, 6) is -0.263. The second-order valence-corrected chi connectivity index (χ2v) is 6.19. The molecule has 0 saturated carbocycles. The molecule has 0 aliphatic heterocycles. The molecule has 1 atom stereocenters. The largest absolute Gasteiger partial charge is 0.463 e. The first-order chi connectivity index (χ1) is 8.13. The van der Waals surface area contributed by atoms with Crippen molar-refractivity contribution in [3.8, 4) is 0 Å². The zero-order valence-electron chi connectivity index (χ0n) is 11.3. The van der Waals surface area contributed by atoms with Gasteiger partial charge in [-0.3, -0.25) is 4.79 Å². The fraction of sp³-hybridized carbons (Fsp3) is 0.500. The second-order valence-electron chi connectivity index (χ2n) is 5.75. The first kappa shape index (κ1) is 15.0. The normalized spacial score (nSPS) is 15.0. The van der Waals surface area contributed by atoms with Crippen LogP contribution in [-0.2, 0) is 15.1 Å². The maximum atomic E-state index is 11.7. The maximum absolute atomic E-state index is 11.7. The predicted molar refractivity (Wildman–Crippen MR) is 73.4 cm³/mol. The van der Waals surface area contributed by atoms with E-state index < -0.39 is 11.0 Å². The first-order valence-corrected chi connectivity index (χ1v) is 6.23. The van der Waals surface area contributed by atoms with Gasteiger partial charge in [-0.05, 0) is 45.4 Å². The molecule has 0 amide bonds. The quantitative estimate of drug-likeness (QED) is 0.858. The molecule has 0 bridgehead atoms. The molecule has 0 aliphatic carbocycles. The minimum Gasteiger partial charge on any atom is -0.463 e. The zero-order valence-corrected chi connectivity index (χ0v) is 12.0. The number of carbonyl (C=O) groups is 1. The molecule has 0 aliphatic rings. The lowest BCUT2D eigenvalue weighted by Gasteiger charge is -2.27. The zero-order chi connectivity index (χ0) is 14.0. The third kappa shape index (κ3) is 4.00. The van der Waals surface area contributed by atoms with Crippen LogP contribution >= 0.6 is 11.6 Å². The van der Waals surface area contributed by atoms with Crippen LogP contribution in [-0.4, -0.2) is 12.6 Å². The van der Waals surface area contributed by atoms with Crippen LogP contribution < -0.4 is 5.73 Å². The van der Waals surface area contributed by atoms with Crippen LogP contribution in [0.25, 0.3) is 0 Å². The number of esters is 1. The van der Waals surface area contributed by atoms with Gasteiger partial charge in [0.05, 0.1) is 11.0 Å². The van der Waals surface area contributed by atoms with Crippen molar-refractivity contribution >= 4 is 17.6 Å². The van der Waals surface area contributed by atoms with E-state index in [1.807, 2.05) is 39.8 Å². The number of ether oxygens (including phenoxy) is 1. The van der Waals surface area contributed by atoms with Crippen molar-refractivity contribution in [3.63, 3.8) is 0 Å². The number of carbonyl (C=O) groups excluding carboxylic acids is 1. The van der Waals surface area contributed by atoms with Crippen LogP contribution in [0, 0.1) is 5.41 Å². The van der Waals surface area contributed by atoms with Crippen LogP contribution in [0.1, 0.15) is 33.3 Å². The molecule has 100 valence electrons. The molecule has 0 radical (unpaired) electrons. The van der Waals surface area contributed by atoms with Crippen molar-refractivity contribution in [2.75, 3.05) is 6.61 Å². The standard InChI is InChI=1S/C14H20ClNO2/c1-13(2,3)12(17)18-9-14(4,16)10-6-5-7-11(15)8-10/h5-8H,9,16H2,1-4H3. The first-order valence-electron chi connectivity index (χ1n) is 5.85. The average Bonchev–Trinajstić information content (AvgIpc) is 2.24. The van der Waals surface area contributed by atoms with Crippen molar-refractivity contribution in [1.29, 1.82) is 0 Å². The van der Waals surface area contributed by atoms with Gasteiger partial charge >= 0.3 is 5.97 Å². The molecule has 1 rings (SSSR count). The number of hydrogen-bond acceptors (Lipinski definition) is 3. The molecule has 0 saturated heterocycles. The molecule has 3 nitrogen and oxygen atoms in total. The minimum atomic E-state index is -0.744. The van der Waals surface area contributed by atoms with Crippen molar-refractivity contribution in [1.82, 2.24) is 0 Å². The Bertz CT molecular complexity index is 436. The molecule has 0 aromatic heterocycles. The predicted octanol–water partition coefficient (Wildman–Crippen LogP) is 3.10. The number of rotatable bonds is 3. The van der Waals surface area contributed by atoms with E-state index >= 15 is 0 Å². The van der Waals surface area contributed by atoms with Gasteiger partial charge in [-0.1, -0.05) is 23.7 Å². The van der Waals surface area contributed by atoms with Crippen molar-refractivity contribution in [3.05, 3.63) is 34.9 Å². The Morgan fingerprint density at radius 3 is 2.44 bits per heavy atom. The molecule has 0 fully saturated rings. The van der Waals surface area contributed by atoms with Gasteiger partial charge in [-0.2, -0.15) is 0 Å². The van der Waals surface area contributed by atoms with Crippen LogP contribution in [0.3, 0.4) is 0 Å². The van der Waals surface area contributed by atoms with Gasteiger partial charge in [0, 0.05) is 5.02 Å². The van der Waals surface area contributed by atoms with Crippen molar-refractivity contribution in [2.45, 2.75) is 33.2 Å². The highest BCUT2D eigenvalue weighted by atomic mass is 35.5. The Kier molecular flexibility index (Phi) is 4.41. The van der Waals surface area contributed by atoms with E-state index in [1.54, 1.807) is 12.1 Å². The van der Waals surface area contributed by atoms with Gasteiger partial charge in [0.1, 0.15) is 6.61 Å². The van der Waals surface area contributed by atoms with E-state index in [4.69, 9.17) is 22.1 Å². The van der Waals surface area contributed by atoms with E-state index in [9.17, 15) is 4.79 Å². The monoisotopic (exact) mass is 269 g/mol. The second kappa shape index (κ2) is 5.29. The lowest BCUT2D eigenvalue weighted by Crippen LogP contribution is -2.40. The average molecular weight is 270 g/mol. The molecule has 1 unspecified atom stereocenters. The number of nitrogens with two attached hydrogens (primary N) is 1. The van der Waals surface area contributed by atoms with E-state index in [0.717, 1.165) is 5.56 Å². The summed E-state index contributed by atoms with van der Waals surface area (Å²) in [7, 11) is 0. The summed E-state index contributed by atoms with van der Waals surface area (Å²) in [5, 5.41) is 0.617. The lowest BCUT2D eigenvalue weighted by molar-refractivity contribution is -0.154. The van der Waals surface area contributed by atoms with Gasteiger partial charge in [0.15, 0.2) is 0 Å². The summed E-state index contributed by atoms with van der Waals surface area (Å²) in [5.41, 5.74) is 5.74. The van der Waals surface area contributed by atoms with Crippen molar-refractivity contribution < 1.29 is 9.53 Å². The van der Waals surface area contributed by atoms with E-state index in [0.29, 0.717) is 5.02 Å². The molecule has 18 heavy (non-hydrogen) atoms. The summed E-state index contributed by atoms with van der Waals surface area (Å²) < 4.78 is 5.26. The molecule has 1 aromatic carbocycles. The third-order valence-corrected chi connectivity index (χ3v) is 2.83. The highest BCUT2D eigenvalue weighted by Crippen LogP contribution is 2.23. The molecule has 2 N–H and O–H groups in total. The Balaban J connectivity index is 2.74. The molecule has 0 spiro atoms. The minimum absolute atomic E-state index is 0.128. The summed E-state index contributed by atoms with van der Waals surface area (Å²) in [6.45, 7) is 7.37. The Morgan fingerprint density at radius 2 is 1.94 bits per heavy atom. The van der Waals surface area contributed by atoms with Gasteiger partial charge in [-0.15, -0.1) is 0 Å². The van der Waals surface area contributed by atoms with E-state index in [2.05, 4.69) is 0 Å². The Labute approximate surface area is 113 Å². The summed E-state index contributed by atoms with van der Waals surface area (Å²) >= 11 is 5.92. The van der Waals surface area contributed by atoms with Gasteiger partial charge in [0.2, 0.25) is 0 Å². The van der Waals surface area contributed by atoms with Gasteiger partial charge < -0.3 is 10.5 Å². The fourth-order valence-corrected chi connectivity index (χ4v) is 1.55. The molecule has 1 aromatic rings. The van der Waals surface area contributed by atoms with E-state index in [1.165, 1.54) is 0 Å². The fourth-order valence-electron chi connectivity index (χ4n) is 1.36. The number of benzene rings is 1. The Hall–Kier alpha value is -1.06. The Morgan fingerprint density at radius 1 is 1.33 bits per heavy atom. The summed E-state index contributed by atoms with van der Waals surface area (Å²) in [6, 6.07) is 7.26. The van der Waals surface area contributed by atoms with E-state index in [-0.39, 0.29) is 12.6 Å². The summed E-state index contributed by atoms with van der Waals surface area (Å²) in [4.78, 5) is 11.7. The SMILES string of the molecule is CC(C)(C)C(=O)OCC(C)(N)c1cccc(Cl)c1.